The summed E-state index contributed by atoms with van der Waals surface area (Å²) in [6, 6.07) is 0. The molecule has 0 atom stereocenters. The van der Waals surface area contributed by atoms with E-state index < -0.39 is 11.9 Å². The van der Waals surface area contributed by atoms with Crippen LogP contribution in [0.1, 0.15) is 25.5 Å². The highest BCUT2D eigenvalue weighted by atomic mass is 19.4. The quantitative estimate of drug-likeness (QED) is 0.640. The Bertz CT molecular complexity index is 932. The molecule has 1 aliphatic rings. The van der Waals surface area contributed by atoms with E-state index in [0.717, 1.165) is 32.1 Å². The summed E-state index contributed by atoms with van der Waals surface area (Å²) in [6.45, 7) is 3.50. The minimum Gasteiger partial charge on any atom is -0.355 e. The zero-order chi connectivity index (χ0) is 18.5. The van der Waals surface area contributed by atoms with E-state index >= 15 is 0 Å². The number of aromatic nitrogens is 6. The van der Waals surface area contributed by atoms with Gasteiger partial charge in [0.05, 0.1) is 23.7 Å². The van der Waals surface area contributed by atoms with Crippen LogP contribution in [0.2, 0.25) is 0 Å². The number of anilines is 1. The van der Waals surface area contributed by atoms with Gasteiger partial charge in [0.15, 0.2) is 0 Å². The van der Waals surface area contributed by atoms with E-state index in [-0.39, 0.29) is 28.0 Å². The molecule has 0 aromatic carbocycles. The molecule has 8 nitrogen and oxygen atoms in total. The van der Waals surface area contributed by atoms with Gasteiger partial charge in [0.1, 0.15) is 17.0 Å². The summed E-state index contributed by atoms with van der Waals surface area (Å²) >= 11 is 0. The van der Waals surface area contributed by atoms with Gasteiger partial charge in [-0.3, -0.25) is 10.2 Å². The molecule has 138 valence electrons. The number of piperidine rings is 1. The first-order valence-corrected chi connectivity index (χ1v) is 8.10. The Morgan fingerprint density at radius 1 is 1.19 bits per heavy atom. The zero-order valence-electron chi connectivity index (χ0n) is 13.9. The van der Waals surface area contributed by atoms with Crippen LogP contribution in [0.15, 0.2) is 12.4 Å². The second-order valence-electron chi connectivity index (χ2n) is 6.80. The molecule has 1 aliphatic heterocycles. The third kappa shape index (κ3) is 2.87. The van der Waals surface area contributed by atoms with Crippen LogP contribution in [-0.4, -0.2) is 49.0 Å². The molecule has 4 heterocycles. The lowest BCUT2D eigenvalue weighted by Crippen LogP contribution is -2.48. The predicted octanol–water partition coefficient (Wildman–Crippen LogP) is 2.08. The van der Waals surface area contributed by atoms with Crippen LogP contribution in [0.25, 0.3) is 22.4 Å². The largest absolute Gasteiger partial charge is 0.433 e. The van der Waals surface area contributed by atoms with Gasteiger partial charge in [0.2, 0.25) is 5.65 Å². The molecule has 0 aliphatic carbocycles. The number of halogens is 3. The van der Waals surface area contributed by atoms with Gasteiger partial charge in [0, 0.05) is 18.6 Å². The molecular formula is C15H17F3N8. The lowest BCUT2D eigenvalue weighted by molar-refractivity contribution is -0.140. The smallest absolute Gasteiger partial charge is 0.355 e. The fraction of sp³-hybridized carbons (Fsp3) is 0.467. The summed E-state index contributed by atoms with van der Waals surface area (Å²) in [5.74, 6) is 0.634. The van der Waals surface area contributed by atoms with Gasteiger partial charge in [-0.1, -0.05) is 0 Å². The number of fused-ring (bicyclic) bond motifs is 1. The van der Waals surface area contributed by atoms with Crippen LogP contribution in [0.5, 0.6) is 0 Å². The minimum atomic E-state index is -4.56. The van der Waals surface area contributed by atoms with Crippen molar-refractivity contribution >= 4 is 17.0 Å². The second kappa shape index (κ2) is 5.66. The van der Waals surface area contributed by atoms with E-state index in [1.54, 1.807) is 6.20 Å². The number of hydrogen-bond donors (Lipinski definition) is 3. The Hall–Kier alpha value is -2.69. The maximum atomic E-state index is 13.1. The molecule has 1 fully saturated rings. The number of hydrogen-bond acceptors (Lipinski definition) is 6. The van der Waals surface area contributed by atoms with Gasteiger partial charge in [-0.15, -0.1) is 0 Å². The number of H-pyrrole nitrogens is 2. The second-order valence-corrected chi connectivity index (χ2v) is 6.80. The molecule has 3 aromatic rings. The standard InChI is InChI=1S/C15H17F3N8/c1-14(19)2-4-26(5-3-14)9-7-20-11-10(23-25-13(11)22-9)8-6-21-24-12(8)15(16,17)18/h6-7H,2-5,19H2,1H3,(H,21,24)(H,22,23,25). The molecule has 4 N–H and O–H groups in total. The lowest BCUT2D eigenvalue weighted by atomic mass is 9.91. The highest BCUT2D eigenvalue weighted by molar-refractivity contribution is 5.88. The lowest BCUT2D eigenvalue weighted by Gasteiger charge is -2.37. The molecule has 26 heavy (non-hydrogen) atoms. The van der Waals surface area contributed by atoms with Gasteiger partial charge in [-0.25, -0.2) is 9.97 Å². The van der Waals surface area contributed by atoms with Crippen molar-refractivity contribution in [2.45, 2.75) is 31.5 Å². The number of aromatic amines is 2. The highest BCUT2D eigenvalue weighted by Crippen LogP contribution is 2.36. The van der Waals surface area contributed by atoms with Gasteiger partial charge in [0.25, 0.3) is 0 Å². The molecule has 0 unspecified atom stereocenters. The first kappa shape index (κ1) is 16.8. The SMILES string of the molecule is CC1(N)CCN(c2cnc3c(-c4cn[nH]c4C(F)(F)F)[nH]nc3n2)CC1. The van der Waals surface area contributed by atoms with Crippen molar-refractivity contribution in [3.63, 3.8) is 0 Å². The molecule has 0 amide bonds. The first-order valence-electron chi connectivity index (χ1n) is 8.10. The predicted molar refractivity (Wildman–Crippen MR) is 88.3 cm³/mol. The number of nitrogens with zero attached hydrogens (tertiary/aromatic N) is 5. The molecule has 11 heteroatoms. The summed E-state index contributed by atoms with van der Waals surface area (Å²) < 4.78 is 39.3. The van der Waals surface area contributed by atoms with E-state index in [9.17, 15) is 13.2 Å². The zero-order valence-corrected chi connectivity index (χ0v) is 13.9. The molecule has 0 radical (unpaired) electrons. The summed E-state index contributed by atoms with van der Waals surface area (Å²) in [6.07, 6.45) is -0.268. The molecule has 3 aromatic heterocycles. The van der Waals surface area contributed by atoms with Gasteiger partial charge in [-0.05, 0) is 19.8 Å². The fourth-order valence-electron chi connectivity index (χ4n) is 3.07. The molecular weight excluding hydrogens is 349 g/mol. The molecule has 0 spiro atoms. The molecule has 0 saturated carbocycles. The van der Waals surface area contributed by atoms with Crippen molar-refractivity contribution < 1.29 is 13.2 Å². The number of nitrogens with two attached hydrogens (primary N) is 1. The Morgan fingerprint density at radius 2 is 1.92 bits per heavy atom. The van der Waals surface area contributed by atoms with Gasteiger partial charge < -0.3 is 10.6 Å². The van der Waals surface area contributed by atoms with Crippen LogP contribution in [0, 0.1) is 0 Å². The molecule has 0 bridgehead atoms. The average Bonchev–Trinajstić information content (AvgIpc) is 3.20. The van der Waals surface area contributed by atoms with Gasteiger partial charge >= 0.3 is 6.18 Å². The average molecular weight is 366 g/mol. The van der Waals surface area contributed by atoms with E-state index in [1.807, 2.05) is 16.9 Å². The van der Waals surface area contributed by atoms with Crippen molar-refractivity contribution in [1.82, 2.24) is 30.4 Å². The topological polar surface area (TPSA) is 112 Å². The fourth-order valence-corrected chi connectivity index (χ4v) is 3.07. The monoisotopic (exact) mass is 366 g/mol. The summed E-state index contributed by atoms with van der Waals surface area (Å²) in [7, 11) is 0. The highest BCUT2D eigenvalue weighted by Gasteiger charge is 2.37. The summed E-state index contributed by atoms with van der Waals surface area (Å²) in [4.78, 5) is 10.8. The van der Waals surface area contributed by atoms with Crippen LogP contribution in [-0.2, 0) is 6.18 Å². The Morgan fingerprint density at radius 3 is 2.62 bits per heavy atom. The molecule has 4 rings (SSSR count). The van der Waals surface area contributed by atoms with Crippen molar-refractivity contribution in [2.24, 2.45) is 5.73 Å². The van der Waals surface area contributed by atoms with Crippen molar-refractivity contribution in [1.29, 1.82) is 0 Å². The Balaban J connectivity index is 1.68. The van der Waals surface area contributed by atoms with Crippen molar-refractivity contribution in [2.75, 3.05) is 18.0 Å². The van der Waals surface area contributed by atoms with E-state index in [1.165, 1.54) is 0 Å². The number of nitrogens with one attached hydrogen (secondary N) is 2. The molecule has 1 saturated heterocycles. The Labute approximate surface area is 146 Å². The van der Waals surface area contributed by atoms with Crippen molar-refractivity contribution in [3.8, 4) is 11.3 Å². The third-order valence-electron chi connectivity index (χ3n) is 4.67. The van der Waals surface area contributed by atoms with Gasteiger partial charge in [-0.2, -0.15) is 23.4 Å². The first-order chi connectivity index (χ1) is 12.2. The minimum absolute atomic E-state index is 0.133. The van der Waals surface area contributed by atoms with Crippen LogP contribution in [0.3, 0.4) is 0 Å². The van der Waals surface area contributed by atoms with E-state index in [0.29, 0.717) is 5.82 Å². The summed E-state index contributed by atoms with van der Waals surface area (Å²) in [5, 5.41) is 12.1. The van der Waals surface area contributed by atoms with Crippen molar-refractivity contribution in [3.05, 3.63) is 18.1 Å². The van der Waals surface area contributed by atoms with Crippen LogP contribution < -0.4 is 10.6 Å². The number of alkyl halides is 3. The van der Waals surface area contributed by atoms with E-state index in [4.69, 9.17) is 5.73 Å². The maximum absolute atomic E-state index is 13.1. The number of rotatable bonds is 2. The van der Waals surface area contributed by atoms with Crippen LogP contribution >= 0.6 is 0 Å². The third-order valence-corrected chi connectivity index (χ3v) is 4.67. The summed E-state index contributed by atoms with van der Waals surface area (Å²) in [5.41, 5.74) is 5.51. The van der Waals surface area contributed by atoms with E-state index in [2.05, 4.69) is 25.3 Å². The normalized spacial score (nSPS) is 17.8. The maximum Gasteiger partial charge on any atom is 0.433 e. The van der Waals surface area contributed by atoms with Crippen LogP contribution in [0.4, 0.5) is 19.0 Å². The Kier molecular flexibility index (Phi) is 3.65.